The zero-order valence-corrected chi connectivity index (χ0v) is 14.0. The van der Waals surface area contributed by atoms with Crippen LogP contribution in [0.5, 0.6) is 0 Å². The van der Waals surface area contributed by atoms with Crippen molar-refractivity contribution in [3.63, 3.8) is 0 Å². The van der Waals surface area contributed by atoms with E-state index < -0.39 is 23.2 Å². The zero-order valence-electron chi connectivity index (χ0n) is 13.2. The highest BCUT2D eigenvalue weighted by atomic mass is 35.5. The molecule has 1 aromatic heterocycles. The van der Waals surface area contributed by atoms with E-state index in [9.17, 15) is 23.2 Å². The van der Waals surface area contributed by atoms with E-state index in [-0.39, 0.29) is 16.4 Å². The molecule has 0 saturated heterocycles. The molecule has 0 saturated carbocycles. The molecule has 0 aliphatic carbocycles. The van der Waals surface area contributed by atoms with Crippen LogP contribution in [-0.4, -0.2) is 16.7 Å². The van der Waals surface area contributed by atoms with Gasteiger partial charge in [0, 0.05) is 5.02 Å². The standard InChI is InChI=1S/C17H8ClF3N4O2/c18-10-5-9(17(19,20)21)6-11(7-10)23-24-13(8-22)16(26)15-12-3-1-2-4-14(12)27-25-15/h1-7,23H/b24-13+. The Labute approximate surface area is 154 Å². The van der Waals surface area contributed by atoms with Crippen LogP contribution in [0.15, 0.2) is 52.1 Å². The third-order valence-corrected chi connectivity index (χ3v) is 3.65. The first kappa shape index (κ1) is 18.4. The van der Waals surface area contributed by atoms with Crippen LogP contribution in [0.3, 0.4) is 0 Å². The maximum absolute atomic E-state index is 12.8. The first-order chi connectivity index (χ1) is 12.8. The summed E-state index contributed by atoms with van der Waals surface area (Å²) in [7, 11) is 0. The highest BCUT2D eigenvalue weighted by Crippen LogP contribution is 2.33. The number of para-hydroxylation sites is 1. The summed E-state index contributed by atoms with van der Waals surface area (Å²) in [4.78, 5) is 12.4. The number of rotatable bonds is 4. The number of hydrogen-bond donors (Lipinski definition) is 1. The number of nitriles is 1. The molecule has 0 unspecified atom stereocenters. The van der Waals surface area contributed by atoms with Gasteiger partial charge in [-0.3, -0.25) is 10.2 Å². The molecule has 2 aromatic carbocycles. The van der Waals surface area contributed by atoms with Gasteiger partial charge in [-0.05, 0) is 30.3 Å². The molecule has 1 N–H and O–H groups in total. The lowest BCUT2D eigenvalue weighted by Crippen LogP contribution is -2.15. The molecule has 0 atom stereocenters. The van der Waals surface area contributed by atoms with E-state index in [2.05, 4.69) is 15.7 Å². The summed E-state index contributed by atoms with van der Waals surface area (Å²) in [5.41, 5.74) is 0.708. The first-order valence-corrected chi connectivity index (χ1v) is 7.68. The minimum Gasteiger partial charge on any atom is -0.356 e. The van der Waals surface area contributed by atoms with Crippen molar-refractivity contribution < 1.29 is 22.5 Å². The Bertz CT molecular complexity index is 1100. The number of hydrogen-bond acceptors (Lipinski definition) is 6. The predicted octanol–water partition coefficient (Wildman–Crippen LogP) is 4.67. The van der Waals surface area contributed by atoms with Crippen LogP contribution >= 0.6 is 11.6 Å². The van der Waals surface area contributed by atoms with Crippen molar-refractivity contribution >= 4 is 39.8 Å². The lowest BCUT2D eigenvalue weighted by Gasteiger charge is -2.09. The van der Waals surface area contributed by atoms with Gasteiger partial charge in [0.05, 0.1) is 16.6 Å². The number of Topliss-reactive ketones (excluding diaryl/α,β-unsaturated/α-hetero) is 1. The molecule has 0 aliphatic heterocycles. The molecule has 1 heterocycles. The number of nitrogens with one attached hydrogen (secondary N) is 1. The van der Waals surface area contributed by atoms with Crippen LogP contribution < -0.4 is 5.43 Å². The molecule has 3 aromatic rings. The third kappa shape index (κ3) is 3.91. The van der Waals surface area contributed by atoms with Crippen molar-refractivity contribution in [3.05, 3.63) is 58.7 Å². The van der Waals surface area contributed by atoms with Gasteiger partial charge < -0.3 is 4.52 Å². The number of hydrazone groups is 1. The predicted molar refractivity (Wildman–Crippen MR) is 91.5 cm³/mol. The molecule has 0 radical (unpaired) electrons. The Morgan fingerprint density at radius 3 is 2.70 bits per heavy atom. The van der Waals surface area contributed by atoms with Gasteiger partial charge in [-0.1, -0.05) is 28.9 Å². The molecule has 0 spiro atoms. The minimum atomic E-state index is -4.61. The Kier molecular flexibility index (Phi) is 4.83. The molecule has 0 bridgehead atoms. The van der Waals surface area contributed by atoms with Gasteiger partial charge in [0.15, 0.2) is 11.3 Å². The summed E-state index contributed by atoms with van der Waals surface area (Å²) in [6.45, 7) is 0. The van der Waals surface area contributed by atoms with Crippen LogP contribution in [0.4, 0.5) is 18.9 Å². The highest BCUT2D eigenvalue weighted by molar-refractivity contribution is 6.52. The fourth-order valence-corrected chi connectivity index (χ4v) is 2.46. The zero-order chi connectivity index (χ0) is 19.6. The summed E-state index contributed by atoms with van der Waals surface area (Å²) in [6.07, 6.45) is -4.61. The van der Waals surface area contributed by atoms with E-state index in [1.165, 1.54) is 6.07 Å². The number of aromatic nitrogens is 1. The number of carbonyl (C=O) groups excluding carboxylic acids is 1. The molecule has 27 heavy (non-hydrogen) atoms. The van der Waals surface area contributed by atoms with Crippen molar-refractivity contribution in [1.82, 2.24) is 5.16 Å². The molecule has 136 valence electrons. The number of benzene rings is 2. The van der Waals surface area contributed by atoms with Gasteiger partial charge >= 0.3 is 6.18 Å². The Morgan fingerprint density at radius 1 is 1.26 bits per heavy atom. The first-order valence-electron chi connectivity index (χ1n) is 7.30. The number of halogens is 4. The van der Waals surface area contributed by atoms with Crippen LogP contribution in [-0.2, 0) is 6.18 Å². The smallest absolute Gasteiger partial charge is 0.356 e. The van der Waals surface area contributed by atoms with Gasteiger partial charge in [0.1, 0.15) is 6.07 Å². The summed E-state index contributed by atoms with van der Waals surface area (Å²) in [6, 6.07) is 10.8. The summed E-state index contributed by atoms with van der Waals surface area (Å²) in [5.74, 6) is -0.840. The van der Waals surface area contributed by atoms with Crippen LogP contribution in [0.25, 0.3) is 11.0 Å². The lowest BCUT2D eigenvalue weighted by molar-refractivity contribution is -0.137. The Balaban J connectivity index is 1.91. The van der Waals surface area contributed by atoms with Gasteiger partial charge in [-0.2, -0.15) is 23.5 Å². The summed E-state index contributed by atoms with van der Waals surface area (Å²) >= 11 is 5.67. The van der Waals surface area contributed by atoms with E-state index >= 15 is 0 Å². The monoisotopic (exact) mass is 392 g/mol. The van der Waals surface area contributed by atoms with Crippen LogP contribution in [0, 0.1) is 11.3 Å². The van der Waals surface area contributed by atoms with Gasteiger partial charge in [0.25, 0.3) is 0 Å². The minimum absolute atomic E-state index is 0.130. The quantitative estimate of drug-likeness (QED) is 0.395. The van der Waals surface area contributed by atoms with E-state index in [0.29, 0.717) is 11.0 Å². The fraction of sp³-hybridized carbons (Fsp3) is 0.0588. The molecule has 0 fully saturated rings. The van der Waals surface area contributed by atoms with Crippen molar-refractivity contribution in [2.75, 3.05) is 5.43 Å². The van der Waals surface area contributed by atoms with E-state index in [0.717, 1.165) is 12.1 Å². The SMILES string of the molecule is N#C/C(=N\Nc1cc(Cl)cc(C(F)(F)F)c1)C(=O)c1noc2ccccc12. The number of nitrogens with zero attached hydrogens (tertiary/aromatic N) is 3. The molecule has 6 nitrogen and oxygen atoms in total. The number of carbonyl (C=O) groups is 1. The number of anilines is 1. The van der Waals surface area contributed by atoms with E-state index in [4.69, 9.17) is 16.1 Å². The molecule has 10 heteroatoms. The average Bonchev–Trinajstić information content (AvgIpc) is 3.05. The van der Waals surface area contributed by atoms with E-state index in [1.54, 1.807) is 30.3 Å². The summed E-state index contributed by atoms with van der Waals surface area (Å²) in [5, 5.41) is 16.6. The van der Waals surface area contributed by atoms with E-state index in [1.807, 2.05) is 0 Å². The number of fused-ring (bicyclic) bond motifs is 1. The van der Waals surface area contributed by atoms with Crippen molar-refractivity contribution in [3.8, 4) is 6.07 Å². The second-order valence-corrected chi connectivity index (χ2v) is 5.70. The average molecular weight is 393 g/mol. The normalized spacial score (nSPS) is 12.0. The van der Waals surface area contributed by atoms with Crippen LogP contribution in [0.2, 0.25) is 5.02 Å². The number of alkyl halides is 3. The second kappa shape index (κ2) is 7.09. The topological polar surface area (TPSA) is 91.3 Å². The van der Waals surface area contributed by atoms with Crippen molar-refractivity contribution in [2.24, 2.45) is 5.10 Å². The molecule has 0 aliphatic rings. The fourth-order valence-electron chi connectivity index (χ4n) is 2.23. The third-order valence-electron chi connectivity index (χ3n) is 3.44. The molecule has 3 rings (SSSR count). The largest absolute Gasteiger partial charge is 0.416 e. The molecular formula is C17H8ClF3N4O2. The highest BCUT2D eigenvalue weighted by Gasteiger charge is 2.31. The van der Waals surface area contributed by atoms with Gasteiger partial charge in [0.2, 0.25) is 11.5 Å². The van der Waals surface area contributed by atoms with Crippen molar-refractivity contribution in [1.29, 1.82) is 5.26 Å². The maximum Gasteiger partial charge on any atom is 0.416 e. The van der Waals surface area contributed by atoms with Gasteiger partial charge in [-0.15, -0.1) is 0 Å². The maximum atomic E-state index is 12.8. The number of ketones is 1. The second-order valence-electron chi connectivity index (χ2n) is 5.27. The lowest BCUT2D eigenvalue weighted by atomic mass is 10.1. The van der Waals surface area contributed by atoms with Gasteiger partial charge in [-0.25, -0.2) is 0 Å². The molecular weight excluding hydrogens is 385 g/mol. The van der Waals surface area contributed by atoms with Crippen LogP contribution in [0.1, 0.15) is 16.1 Å². The van der Waals surface area contributed by atoms with Crippen molar-refractivity contribution in [2.45, 2.75) is 6.18 Å². The molecule has 0 amide bonds. The Hall–Kier alpha value is -3.38. The Morgan fingerprint density at radius 2 is 2.00 bits per heavy atom. The summed E-state index contributed by atoms with van der Waals surface area (Å²) < 4.78 is 43.5.